The number of hydrogen-bond acceptors (Lipinski definition) is 4. The molecule has 0 saturated heterocycles. The zero-order valence-electron chi connectivity index (χ0n) is 12.0. The van der Waals surface area contributed by atoms with Gasteiger partial charge in [-0.3, -0.25) is 0 Å². The molecule has 0 spiro atoms. The van der Waals surface area contributed by atoms with Gasteiger partial charge in [-0.05, 0) is 25.2 Å². The third-order valence-electron chi connectivity index (χ3n) is 3.58. The van der Waals surface area contributed by atoms with E-state index in [1.807, 2.05) is 18.4 Å². The first-order chi connectivity index (χ1) is 9.52. The Morgan fingerprint density at radius 3 is 3.00 bits per heavy atom. The van der Waals surface area contributed by atoms with Crippen LogP contribution in [0.15, 0.2) is 11.3 Å². The molecule has 5 nitrogen and oxygen atoms in total. The van der Waals surface area contributed by atoms with Gasteiger partial charge in [-0.1, -0.05) is 20.4 Å². The van der Waals surface area contributed by atoms with Gasteiger partial charge in [-0.2, -0.15) is 5.26 Å². The summed E-state index contributed by atoms with van der Waals surface area (Å²) in [5.74, 6) is 0.276. The predicted molar refractivity (Wildman–Crippen MR) is 78.4 cm³/mol. The molecule has 0 aliphatic heterocycles. The van der Waals surface area contributed by atoms with Gasteiger partial charge in [0.25, 0.3) is 0 Å². The molecule has 1 aliphatic rings. The summed E-state index contributed by atoms with van der Waals surface area (Å²) in [6, 6.07) is 2.56. The Morgan fingerprint density at radius 2 is 2.40 bits per heavy atom. The number of hydrogen-bond donors (Lipinski definition) is 1. The average Bonchev–Trinajstić information content (AvgIpc) is 3.02. The van der Waals surface area contributed by atoms with Crippen LogP contribution in [0.4, 0.5) is 0 Å². The van der Waals surface area contributed by atoms with E-state index in [0.717, 1.165) is 19.3 Å². The minimum Gasteiger partial charge on any atom is -0.492 e. The van der Waals surface area contributed by atoms with Gasteiger partial charge in [0.2, 0.25) is 5.88 Å². The number of aromatic nitrogens is 2. The standard InChI is InChI=1S/C15H20N4O/c1-10(2)8-17-15(20)14-11(3)19(9-18-14)13-5-4-12(6-13)7-16/h8-10,12-13,20H,3-6H2,1-2H3/b15-14-,17-8-/t12-,13?/m1/s1. The first kappa shape index (κ1) is 14.3. The van der Waals surface area contributed by atoms with Crippen molar-refractivity contribution >= 4 is 18.7 Å². The molecule has 2 atom stereocenters. The highest BCUT2D eigenvalue weighted by Crippen LogP contribution is 2.32. The smallest absolute Gasteiger partial charge is 0.239 e. The SMILES string of the molecule is C=c1/c(=C(O)\N=C/C(C)C)ncn1C1CC[C@@H](C#N)C1. The molecule has 20 heavy (non-hydrogen) atoms. The molecule has 1 aromatic rings. The second-order valence-corrected chi connectivity index (χ2v) is 5.59. The van der Waals surface area contributed by atoms with E-state index in [0.29, 0.717) is 10.7 Å². The van der Waals surface area contributed by atoms with E-state index in [1.165, 1.54) is 0 Å². The molecule has 0 aromatic carbocycles. The number of rotatable bonds is 3. The normalized spacial score (nSPS) is 24.3. The van der Waals surface area contributed by atoms with Crippen molar-refractivity contribution in [1.29, 1.82) is 5.26 Å². The second-order valence-electron chi connectivity index (χ2n) is 5.59. The fourth-order valence-corrected chi connectivity index (χ4v) is 2.50. The fourth-order valence-electron chi connectivity index (χ4n) is 2.50. The van der Waals surface area contributed by atoms with E-state index in [4.69, 9.17) is 5.26 Å². The molecule has 1 N–H and O–H groups in total. The average molecular weight is 272 g/mol. The van der Waals surface area contributed by atoms with Gasteiger partial charge in [-0.15, -0.1) is 0 Å². The summed E-state index contributed by atoms with van der Waals surface area (Å²) in [5, 5.41) is 20.0. The first-order valence-corrected chi connectivity index (χ1v) is 6.91. The lowest BCUT2D eigenvalue weighted by molar-refractivity contribution is 0.486. The van der Waals surface area contributed by atoms with E-state index in [9.17, 15) is 5.11 Å². The molecule has 1 unspecified atom stereocenters. The molecule has 106 valence electrons. The Hall–Kier alpha value is -2.09. The number of nitriles is 1. The topological polar surface area (TPSA) is 74.2 Å². The van der Waals surface area contributed by atoms with Crippen molar-refractivity contribution in [3.8, 4) is 6.07 Å². The summed E-state index contributed by atoms with van der Waals surface area (Å²) in [5.41, 5.74) is 0. The number of imidazole rings is 1. The van der Waals surface area contributed by atoms with E-state index >= 15 is 0 Å². The van der Waals surface area contributed by atoms with Crippen molar-refractivity contribution in [3.63, 3.8) is 0 Å². The largest absolute Gasteiger partial charge is 0.492 e. The summed E-state index contributed by atoms with van der Waals surface area (Å²) in [6.45, 7) is 7.96. The third kappa shape index (κ3) is 2.90. The molecule has 5 heteroatoms. The lowest BCUT2D eigenvalue weighted by Crippen LogP contribution is -2.32. The quantitative estimate of drug-likeness (QED) is 0.847. The van der Waals surface area contributed by atoms with Crippen LogP contribution in [0.1, 0.15) is 39.2 Å². The van der Waals surface area contributed by atoms with E-state index in [-0.39, 0.29) is 23.8 Å². The van der Waals surface area contributed by atoms with Gasteiger partial charge >= 0.3 is 0 Å². The molecule has 0 bridgehead atoms. The van der Waals surface area contributed by atoms with Crippen LogP contribution in [-0.4, -0.2) is 20.9 Å². The monoisotopic (exact) mass is 272 g/mol. The Labute approximate surface area is 118 Å². The maximum absolute atomic E-state index is 9.96. The second kappa shape index (κ2) is 5.91. The van der Waals surface area contributed by atoms with E-state index < -0.39 is 0 Å². The Kier molecular flexibility index (Phi) is 4.23. The lowest BCUT2D eigenvalue weighted by atomic mass is 10.1. The Morgan fingerprint density at radius 1 is 1.65 bits per heavy atom. The number of aliphatic hydroxyl groups excluding tert-OH is 1. The minimum atomic E-state index is -0.0997. The maximum atomic E-state index is 9.96. The molecule has 2 rings (SSSR count). The van der Waals surface area contributed by atoms with Gasteiger partial charge in [0.1, 0.15) is 5.35 Å². The predicted octanol–water partition coefficient (Wildman–Crippen LogP) is 1.51. The maximum Gasteiger partial charge on any atom is 0.239 e. The summed E-state index contributed by atoms with van der Waals surface area (Å²) < 4.78 is 1.95. The van der Waals surface area contributed by atoms with Crippen molar-refractivity contribution in [2.24, 2.45) is 16.8 Å². The highest BCUT2D eigenvalue weighted by atomic mass is 16.3. The lowest BCUT2D eigenvalue weighted by Gasteiger charge is -2.10. The molecule has 1 aliphatic carbocycles. The van der Waals surface area contributed by atoms with Gasteiger partial charge in [0.05, 0.1) is 17.7 Å². The van der Waals surface area contributed by atoms with Crippen LogP contribution in [0, 0.1) is 23.2 Å². The van der Waals surface area contributed by atoms with Crippen molar-refractivity contribution in [1.82, 2.24) is 9.55 Å². The third-order valence-corrected chi connectivity index (χ3v) is 3.58. The van der Waals surface area contributed by atoms with Crippen LogP contribution >= 0.6 is 0 Å². The van der Waals surface area contributed by atoms with Gasteiger partial charge < -0.3 is 9.67 Å². The summed E-state index contributed by atoms with van der Waals surface area (Å²) in [7, 11) is 0. The van der Waals surface area contributed by atoms with Gasteiger partial charge in [0, 0.05) is 18.2 Å². The first-order valence-electron chi connectivity index (χ1n) is 6.91. The molecule has 0 amide bonds. The van der Waals surface area contributed by atoms with Crippen molar-refractivity contribution in [3.05, 3.63) is 17.0 Å². The summed E-state index contributed by atoms with van der Waals surface area (Å²) in [6.07, 6.45) is 6.05. The molecular weight excluding hydrogens is 252 g/mol. The molecule has 1 heterocycles. The van der Waals surface area contributed by atoms with Gasteiger partial charge in [-0.25, -0.2) is 9.98 Å². The van der Waals surface area contributed by atoms with Crippen LogP contribution in [-0.2, 0) is 0 Å². The van der Waals surface area contributed by atoms with Crippen LogP contribution < -0.4 is 10.7 Å². The van der Waals surface area contributed by atoms with E-state index in [1.54, 1.807) is 12.5 Å². The van der Waals surface area contributed by atoms with Crippen LogP contribution in [0.25, 0.3) is 12.5 Å². The van der Waals surface area contributed by atoms with Gasteiger partial charge in [0.15, 0.2) is 0 Å². The summed E-state index contributed by atoms with van der Waals surface area (Å²) >= 11 is 0. The zero-order valence-corrected chi connectivity index (χ0v) is 12.0. The Bertz CT molecular complexity index is 650. The van der Waals surface area contributed by atoms with Crippen LogP contribution in [0.2, 0.25) is 0 Å². The highest BCUT2D eigenvalue weighted by molar-refractivity contribution is 5.64. The molecule has 0 radical (unpaired) electrons. The molecule has 1 aromatic heterocycles. The van der Waals surface area contributed by atoms with Crippen molar-refractivity contribution in [2.75, 3.05) is 0 Å². The van der Waals surface area contributed by atoms with E-state index in [2.05, 4.69) is 22.6 Å². The highest BCUT2D eigenvalue weighted by Gasteiger charge is 2.26. The van der Waals surface area contributed by atoms with Crippen LogP contribution in [0.3, 0.4) is 0 Å². The summed E-state index contributed by atoms with van der Waals surface area (Å²) in [4.78, 5) is 8.21. The molecule has 1 fully saturated rings. The van der Waals surface area contributed by atoms with Crippen molar-refractivity contribution < 1.29 is 5.11 Å². The number of aliphatic hydroxyl groups is 1. The van der Waals surface area contributed by atoms with Crippen LogP contribution in [0.5, 0.6) is 0 Å². The molecule has 1 saturated carbocycles. The molecular formula is C15H20N4O. The van der Waals surface area contributed by atoms with Crippen molar-refractivity contribution in [2.45, 2.75) is 39.2 Å². The number of aliphatic imine (C=N–C) groups is 1. The Balaban J connectivity index is 2.31. The minimum absolute atomic E-state index is 0.0997. The number of nitrogens with zero attached hydrogens (tertiary/aromatic N) is 4. The zero-order chi connectivity index (χ0) is 14.7. The fraction of sp³-hybridized carbons (Fsp3) is 0.533.